The summed E-state index contributed by atoms with van der Waals surface area (Å²) in [5.41, 5.74) is 21.4. The Morgan fingerprint density at radius 3 is 1.12 bits per heavy atom. The highest BCUT2D eigenvalue weighted by Gasteiger charge is 2.48. The van der Waals surface area contributed by atoms with Crippen LogP contribution in [0.25, 0.3) is 45.0 Å². The van der Waals surface area contributed by atoms with Crippen molar-refractivity contribution in [1.82, 2.24) is 85.7 Å². The number of H-pyrrole nitrogens is 1. The standard InChI is InChI=1S/C24H27N7O2.C23H25N7O3.C22H24N8O2.C22H23N7O2/c1-25-24(33)17-11-26-20(28-23(32)14-6-4-7-14)10-19(17)27-18-9-5-8-16-21-15(13-31(3)29-21)12-30(2)22(16)18;1-24-21(31)15-10-25-18(27-22(32)23(33)7-8-23)9-17(15)26-16-6-4-5-14-19-13(12-30(3)28-19)11-29(2)20(14)16;1-23-21(32)15-9-24-22(27-20(31)12-7-8-12)26-19(15)25-16-6-4-5-14-17-13(11-30(3)28-17)10-29(2)18(14)16;1-23-22(31)15-10-24-18(27-21(30)12-6-7-12)8-17(15)26-16-5-3-4-14-19-13(9-25-28-19)11-29(2)20(14)16/h5,8-11,13-14H,4,6-7,12H2,1-3H3,(H,25,33)(H2,26,27,28,32);4-6,9-10,12,33H,7-8,11H2,1-3H3,(H,24,31)(H2,25,26,27,32);4-6,9,11-12H,7-8,10H2,1-3H3,(H,23,32)(H2,24,25,26,27,31);3-5,8-10,12H,6-7,11H2,1-2H3,(H,23,31)(H,25,28)(H2,24,26,27,30). The van der Waals surface area contributed by atoms with E-state index in [0.717, 1.165) is 165 Å². The molecule has 38 heteroatoms. The smallest absolute Gasteiger partial charge is 0.257 e. The van der Waals surface area contributed by atoms with Crippen LogP contribution in [0, 0.1) is 17.8 Å². The van der Waals surface area contributed by atoms with E-state index >= 15 is 0 Å². The molecule has 8 aromatic heterocycles. The van der Waals surface area contributed by atoms with Crippen molar-refractivity contribution < 1.29 is 43.5 Å². The Morgan fingerprint density at radius 2 is 0.744 bits per heavy atom. The van der Waals surface area contributed by atoms with Crippen molar-refractivity contribution in [3.63, 3.8) is 0 Å². The molecule has 4 saturated carbocycles. The highest BCUT2D eigenvalue weighted by molar-refractivity contribution is 6.07. The van der Waals surface area contributed by atoms with Crippen LogP contribution in [0.5, 0.6) is 0 Å². The summed E-state index contributed by atoms with van der Waals surface area (Å²) < 4.78 is 5.46. The third-order valence-corrected chi connectivity index (χ3v) is 23.7. The molecule has 20 rings (SSSR count). The Balaban J connectivity index is 0.000000121. The summed E-state index contributed by atoms with van der Waals surface area (Å²) in [4.78, 5) is 129. The van der Waals surface area contributed by atoms with Gasteiger partial charge in [0, 0.05) is 228 Å². The Bertz CT molecular complexity index is 6470. The van der Waals surface area contributed by atoms with E-state index in [-0.39, 0.29) is 76.4 Å². The van der Waals surface area contributed by atoms with E-state index in [9.17, 15) is 43.5 Å². The number of nitrogens with one attached hydrogen (secondary N) is 13. The highest BCUT2D eigenvalue weighted by Crippen LogP contribution is 2.49. The van der Waals surface area contributed by atoms with Crippen molar-refractivity contribution in [2.45, 2.75) is 89.6 Å². The minimum atomic E-state index is -1.32. The maximum absolute atomic E-state index is 12.5. The van der Waals surface area contributed by atoms with Crippen molar-refractivity contribution in [3.05, 3.63) is 185 Å². The molecule has 38 nitrogen and oxygen atoms in total. The number of hydrogen-bond acceptors (Lipinski definition) is 26. The van der Waals surface area contributed by atoms with Crippen LogP contribution >= 0.6 is 0 Å². The second kappa shape index (κ2) is 35.4. The van der Waals surface area contributed by atoms with Gasteiger partial charge in [0.25, 0.3) is 29.5 Å². The predicted molar refractivity (Wildman–Crippen MR) is 491 cm³/mol. The number of aromatic nitrogens is 13. The van der Waals surface area contributed by atoms with Gasteiger partial charge in [-0.05, 0) is 75.6 Å². The first-order valence-electron chi connectivity index (χ1n) is 42.5. The van der Waals surface area contributed by atoms with Crippen molar-refractivity contribution in [2.24, 2.45) is 38.9 Å². The minimum Gasteiger partial charge on any atom is -0.380 e. The second-order valence-corrected chi connectivity index (χ2v) is 33.3. The van der Waals surface area contributed by atoms with Gasteiger partial charge in [-0.25, -0.2) is 19.9 Å². The lowest BCUT2D eigenvalue weighted by atomic mass is 9.85. The quantitative estimate of drug-likeness (QED) is 0.0337. The first kappa shape index (κ1) is 85.5. The summed E-state index contributed by atoms with van der Waals surface area (Å²) in [5, 5.41) is 66.4. The zero-order valence-corrected chi connectivity index (χ0v) is 73.1. The van der Waals surface area contributed by atoms with E-state index in [0.29, 0.717) is 77.1 Å². The highest BCUT2D eigenvalue weighted by atomic mass is 16.3. The Hall–Kier alpha value is -15.6. The van der Waals surface area contributed by atoms with Gasteiger partial charge in [0.15, 0.2) is 0 Å². The molecule has 4 aliphatic heterocycles. The van der Waals surface area contributed by atoms with Gasteiger partial charge in [0.2, 0.25) is 23.7 Å². The molecule has 0 unspecified atom stereocenters. The van der Waals surface area contributed by atoms with E-state index in [2.05, 4.69) is 140 Å². The average molecular weight is 1740 g/mol. The lowest BCUT2D eigenvalue weighted by molar-refractivity contribution is -0.126. The number of hydrogen-bond donors (Lipinski definition) is 14. The number of benzene rings is 4. The number of aliphatic hydroxyl groups is 1. The van der Waals surface area contributed by atoms with Crippen molar-refractivity contribution in [2.75, 3.05) is 119 Å². The molecule has 129 heavy (non-hydrogen) atoms. The van der Waals surface area contributed by atoms with Gasteiger partial charge >= 0.3 is 0 Å². The molecule has 4 aliphatic carbocycles. The van der Waals surface area contributed by atoms with Crippen molar-refractivity contribution >= 4 is 139 Å². The maximum atomic E-state index is 12.5. The molecule has 12 heterocycles. The van der Waals surface area contributed by atoms with E-state index < -0.39 is 11.5 Å². The molecule has 0 spiro atoms. The number of aryl methyl sites for hydroxylation is 3. The predicted octanol–water partition coefficient (Wildman–Crippen LogP) is 10.4. The van der Waals surface area contributed by atoms with Crippen LogP contribution < -0.4 is 83.4 Å². The third-order valence-electron chi connectivity index (χ3n) is 23.7. The van der Waals surface area contributed by atoms with Gasteiger partial charge in [-0.15, -0.1) is 0 Å². The number of aromatic amines is 1. The number of anilines is 16. The van der Waals surface area contributed by atoms with Crippen molar-refractivity contribution in [1.29, 1.82) is 0 Å². The van der Waals surface area contributed by atoms with Crippen LogP contribution in [-0.4, -0.2) is 179 Å². The number of rotatable bonds is 20. The van der Waals surface area contributed by atoms with Gasteiger partial charge in [0.05, 0.1) is 108 Å². The number of nitrogens with zero attached hydrogens (tertiary/aromatic N) is 16. The largest absolute Gasteiger partial charge is 0.380 e. The van der Waals surface area contributed by atoms with Crippen molar-refractivity contribution in [3.8, 4) is 45.0 Å². The number of carbonyl (C=O) groups is 8. The van der Waals surface area contributed by atoms with Crippen LogP contribution in [0.2, 0.25) is 0 Å². The molecule has 0 bridgehead atoms. The molecule has 8 aliphatic rings. The summed E-state index contributed by atoms with van der Waals surface area (Å²) in [6.45, 7) is 2.87. The number of para-hydroxylation sites is 4. The molecule has 12 aromatic rings. The van der Waals surface area contributed by atoms with Crippen LogP contribution in [0.4, 0.5) is 91.8 Å². The molecule has 4 fully saturated rings. The SMILES string of the molecule is CNC(=O)c1cnc(NC(=O)C2(O)CC2)cc1Nc1cccc2c1N(C)Cc1cn(C)nc1-2.CNC(=O)c1cnc(NC(=O)C2CC2)cc1Nc1cccc2c1N(C)Cc1cn[nH]c1-2.CNC(=O)c1cnc(NC(=O)C2CC2)nc1Nc1cccc2c1N(C)Cc1cn(C)nc1-2.CNC(=O)c1cnc(NC(=O)C2CCC2)cc1Nc1cccc2c1N(C)Cc1cn(C)nc1-2. The van der Waals surface area contributed by atoms with E-state index in [4.69, 9.17) is 0 Å². The van der Waals surface area contributed by atoms with Crippen LogP contribution in [-0.2, 0) is 66.5 Å². The molecule has 662 valence electrons. The van der Waals surface area contributed by atoms with Crippen LogP contribution in [0.15, 0.2) is 141 Å². The summed E-state index contributed by atoms with van der Waals surface area (Å²) >= 11 is 0. The maximum Gasteiger partial charge on any atom is 0.257 e. The molecule has 4 aromatic carbocycles. The molecule has 8 amide bonds. The lowest BCUT2D eigenvalue weighted by Gasteiger charge is -2.30. The Morgan fingerprint density at radius 1 is 0.395 bits per heavy atom. The zero-order chi connectivity index (χ0) is 90.4. The van der Waals surface area contributed by atoms with E-state index in [1.165, 1.54) is 30.4 Å². The fourth-order valence-corrected chi connectivity index (χ4v) is 16.5. The number of pyridine rings is 3. The first-order chi connectivity index (χ1) is 62.2. The van der Waals surface area contributed by atoms with E-state index in [1.54, 1.807) is 46.4 Å². The number of amides is 8. The molecule has 0 radical (unpaired) electrons. The average Bonchev–Trinajstić information content (AvgIpc) is 1.48. The molecule has 0 saturated heterocycles. The number of carbonyl (C=O) groups excluding carboxylic acids is 8. The monoisotopic (exact) mass is 1740 g/mol. The van der Waals surface area contributed by atoms with Gasteiger partial charge in [-0.2, -0.15) is 25.4 Å². The third kappa shape index (κ3) is 17.8. The second-order valence-electron chi connectivity index (χ2n) is 33.3. The molecule has 0 atom stereocenters. The van der Waals surface area contributed by atoms with Gasteiger partial charge in [-0.3, -0.25) is 62.8 Å². The fraction of sp³-hybridized carbons (Fsp3) is 0.308. The molecule has 14 N–H and O–H groups in total. The number of fused-ring (bicyclic) bond motifs is 12. The summed E-state index contributed by atoms with van der Waals surface area (Å²) in [6.07, 6.45) is 21.1. The van der Waals surface area contributed by atoms with Gasteiger partial charge in [0.1, 0.15) is 34.4 Å². The zero-order valence-electron chi connectivity index (χ0n) is 73.1. The van der Waals surface area contributed by atoms with E-state index in [1.807, 2.05) is 155 Å². The lowest BCUT2D eigenvalue weighted by Crippen LogP contribution is -2.29. The first-order valence-corrected chi connectivity index (χ1v) is 42.5. The summed E-state index contributed by atoms with van der Waals surface area (Å²) in [5.74, 6) is -0.0776. The van der Waals surface area contributed by atoms with Gasteiger partial charge < -0.3 is 83.2 Å². The summed E-state index contributed by atoms with van der Waals surface area (Å²) in [6, 6.07) is 28.8. The summed E-state index contributed by atoms with van der Waals surface area (Å²) in [7, 11) is 20.1. The van der Waals surface area contributed by atoms with Crippen LogP contribution in [0.1, 0.15) is 121 Å². The molecular weight excluding hydrogens is 1640 g/mol. The topological polar surface area (TPSA) is 461 Å². The van der Waals surface area contributed by atoms with Crippen LogP contribution in [0.3, 0.4) is 0 Å². The molecular formula is C91H99N29O9. The Kier molecular flexibility index (Phi) is 23.5. The minimum absolute atomic E-state index is 0.0214. The normalized spacial score (nSPS) is 14.7. The Labute approximate surface area is 741 Å². The fourth-order valence-electron chi connectivity index (χ4n) is 16.5. The van der Waals surface area contributed by atoms with Gasteiger partial charge in [-0.1, -0.05) is 55.0 Å².